The Morgan fingerprint density at radius 3 is 2.65 bits per heavy atom. The minimum Gasteiger partial charge on any atom is -0.335 e. The lowest BCUT2D eigenvalue weighted by molar-refractivity contribution is 0.0638. The van der Waals surface area contributed by atoms with Crippen molar-refractivity contribution in [1.29, 1.82) is 0 Å². The molecule has 5 nitrogen and oxygen atoms in total. The first-order valence-corrected chi connectivity index (χ1v) is 7.15. The molecule has 3 rings (SSSR count). The summed E-state index contributed by atoms with van der Waals surface area (Å²) in [5.74, 6) is 0.0452. The highest BCUT2D eigenvalue weighted by Crippen LogP contribution is 2.12. The van der Waals surface area contributed by atoms with Gasteiger partial charge in [-0.3, -0.25) is 4.79 Å². The van der Waals surface area contributed by atoms with Gasteiger partial charge in [0.1, 0.15) is 11.3 Å². The molecule has 0 spiro atoms. The second-order valence-corrected chi connectivity index (χ2v) is 5.25. The summed E-state index contributed by atoms with van der Waals surface area (Å²) in [7, 11) is 0. The van der Waals surface area contributed by atoms with Crippen LogP contribution in [0.25, 0.3) is 5.65 Å². The number of carbonyl (C=O) groups excluding carboxylic acids is 1. The molecule has 0 aliphatic carbocycles. The zero-order chi connectivity index (χ0) is 14.1. The smallest absolute Gasteiger partial charge is 0.274 e. The predicted molar refractivity (Wildman–Crippen MR) is 77.9 cm³/mol. The average molecular weight is 272 g/mol. The van der Waals surface area contributed by atoms with E-state index in [2.05, 4.69) is 16.8 Å². The molecule has 0 N–H and O–H groups in total. The fourth-order valence-corrected chi connectivity index (χ4v) is 2.68. The highest BCUT2D eigenvalue weighted by Gasteiger charge is 2.23. The number of hydrogen-bond acceptors (Lipinski definition) is 3. The van der Waals surface area contributed by atoms with Gasteiger partial charge in [-0.2, -0.15) is 0 Å². The summed E-state index contributed by atoms with van der Waals surface area (Å²) in [5, 5.41) is 0. The number of carbonyl (C=O) groups is 1. The first-order valence-electron chi connectivity index (χ1n) is 7.15. The molecule has 20 heavy (non-hydrogen) atoms. The standard InChI is InChI=1S/C15H20N4O/c1-3-17-7-9-18(10-8-17)15(20)13-11-19-12(2)5-4-6-14(19)16-13/h4-6,11H,3,7-10H2,1-2H3. The monoisotopic (exact) mass is 272 g/mol. The SMILES string of the molecule is CCN1CCN(C(=O)c2cn3c(C)cccc3n2)CC1. The van der Waals surface area contributed by atoms with Gasteiger partial charge in [0.05, 0.1) is 0 Å². The molecule has 1 aliphatic rings. The molecule has 0 aromatic carbocycles. The third-order valence-electron chi connectivity index (χ3n) is 4.02. The number of imidazole rings is 1. The normalized spacial score (nSPS) is 16.8. The van der Waals surface area contributed by atoms with E-state index in [4.69, 9.17) is 0 Å². The number of likely N-dealkylation sites (N-methyl/N-ethyl adjacent to an activating group) is 1. The average Bonchev–Trinajstić information content (AvgIpc) is 2.92. The summed E-state index contributed by atoms with van der Waals surface area (Å²) in [6.45, 7) is 8.71. The molecule has 0 bridgehead atoms. The lowest BCUT2D eigenvalue weighted by atomic mass is 10.3. The molecule has 2 aromatic heterocycles. The van der Waals surface area contributed by atoms with E-state index < -0.39 is 0 Å². The molecule has 3 heterocycles. The molecule has 5 heteroatoms. The van der Waals surface area contributed by atoms with E-state index in [-0.39, 0.29) is 5.91 Å². The number of fused-ring (bicyclic) bond motifs is 1. The van der Waals surface area contributed by atoms with E-state index in [0.29, 0.717) is 5.69 Å². The van der Waals surface area contributed by atoms with Crippen LogP contribution in [0.2, 0.25) is 0 Å². The lowest BCUT2D eigenvalue weighted by Crippen LogP contribution is -2.48. The summed E-state index contributed by atoms with van der Waals surface area (Å²) >= 11 is 0. The summed E-state index contributed by atoms with van der Waals surface area (Å²) in [6.07, 6.45) is 1.85. The van der Waals surface area contributed by atoms with Gasteiger partial charge in [-0.1, -0.05) is 13.0 Å². The number of pyridine rings is 1. The van der Waals surface area contributed by atoms with E-state index in [1.807, 2.05) is 40.6 Å². The molecule has 0 saturated carbocycles. The molecule has 1 amide bonds. The van der Waals surface area contributed by atoms with E-state index >= 15 is 0 Å². The Hall–Kier alpha value is -1.88. The molecule has 1 aliphatic heterocycles. The van der Waals surface area contributed by atoms with Gasteiger partial charge in [-0.25, -0.2) is 4.98 Å². The first kappa shape index (κ1) is 13.1. The number of piperazine rings is 1. The molecule has 1 fully saturated rings. The van der Waals surface area contributed by atoms with Crippen molar-refractivity contribution in [3.63, 3.8) is 0 Å². The third-order valence-corrected chi connectivity index (χ3v) is 4.02. The van der Waals surface area contributed by atoms with Crippen molar-refractivity contribution in [3.8, 4) is 0 Å². The minimum absolute atomic E-state index is 0.0452. The number of rotatable bonds is 2. The second-order valence-electron chi connectivity index (χ2n) is 5.25. The van der Waals surface area contributed by atoms with Crippen LogP contribution in [-0.2, 0) is 0 Å². The van der Waals surface area contributed by atoms with Crippen LogP contribution < -0.4 is 0 Å². The van der Waals surface area contributed by atoms with Gasteiger partial charge in [0.15, 0.2) is 0 Å². The molecule has 106 valence electrons. The highest BCUT2D eigenvalue weighted by molar-refractivity contribution is 5.93. The van der Waals surface area contributed by atoms with Gasteiger partial charge in [0.25, 0.3) is 5.91 Å². The Labute approximate surface area is 118 Å². The Balaban J connectivity index is 1.81. The van der Waals surface area contributed by atoms with Crippen LogP contribution in [0.4, 0.5) is 0 Å². The highest BCUT2D eigenvalue weighted by atomic mass is 16.2. The van der Waals surface area contributed by atoms with Crippen LogP contribution in [-0.4, -0.2) is 57.8 Å². The Bertz CT molecular complexity index is 626. The molecule has 0 unspecified atom stereocenters. The summed E-state index contributed by atoms with van der Waals surface area (Å²) in [4.78, 5) is 21.2. The first-order chi connectivity index (χ1) is 9.69. The quantitative estimate of drug-likeness (QED) is 0.830. The summed E-state index contributed by atoms with van der Waals surface area (Å²) in [6, 6.07) is 5.91. The van der Waals surface area contributed by atoms with Crippen molar-refractivity contribution in [3.05, 3.63) is 35.8 Å². The molecule has 0 radical (unpaired) electrons. The Morgan fingerprint density at radius 1 is 1.25 bits per heavy atom. The molecular formula is C15H20N4O. The van der Waals surface area contributed by atoms with Gasteiger partial charge in [0, 0.05) is 38.1 Å². The predicted octanol–water partition coefficient (Wildman–Crippen LogP) is 1.42. The van der Waals surface area contributed by atoms with Crippen molar-refractivity contribution >= 4 is 11.6 Å². The number of aryl methyl sites for hydroxylation is 1. The van der Waals surface area contributed by atoms with Crippen molar-refractivity contribution in [1.82, 2.24) is 19.2 Å². The number of nitrogens with zero attached hydrogens (tertiary/aromatic N) is 4. The third kappa shape index (κ3) is 2.29. The largest absolute Gasteiger partial charge is 0.335 e. The minimum atomic E-state index is 0.0452. The molecule has 0 atom stereocenters. The van der Waals surface area contributed by atoms with Crippen molar-refractivity contribution in [2.45, 2.75) is 13.8 Å². The van der Waals surface area contributed by atoms with Crippen molar-refractivity contribution < 1.29 is 4.79 Å². The topological polar surface area (TPSA) is 40.9 Å². The van der Waals surface area contributed by atoms with Crippen LogP contribution in [0.15, 0.2) is 24.4 Å². The molecular weight excluding hydrogens is 252 g/mol. The number of hydrogen-bond donors (Lipinski definition) is 0. The second kappa shape index (κ2) is 5.25. The maximum atomic E-state index is 12.5. The van der Waals surface area contributed by atoms with Crippen molar-refractivity contribution in [2.24, 2.45) is 0 Å². The zero-order valence-electron chi connectivity index (χ0n) is 12.0. The Kier molecular flexibility index (Phi) is 3.44. The van der Waals surface area contributed by atoms with Crippen LogP contribution in [0.5, 0.6) is 0 Å². The Morgan fingerprint density at radius 2 is 2.00 bits per heavy atom. The van der Waals surface area contributed by atoms with Gasteiger partial charge in [-0.15, -0.1) is 0 Å². The van der Waals surface area contributed by atoms with Crippen LogP contribution in [0.1, 0.15) is 23.1 Å². The fourth-order valence-electron chi connectivity index (χ4n) is 2.68. The lowest BCUT2D eigenvalue weighted by Gasteiger charge is -2.33. The maximum Gasteiger partial charge on any atom is 0.274 e. The molecule has 2 aromatic rings. The summed E-state index contributed by atoms with van der Waals surface area (Å²) < 4.78 is 1.97. The van der Waals surface area contributed by atoms with E-state index in [1.165, 1.54) is 0 Å². The van der Waals surface area contributed by atoms with Gasteiger partial charge in [-0.05, 0) is 25.6 Å². The van der Waals surface area contributed by atoms with Crippen LogP contribution in [0, 0.1) is 6.92 Å². The summed E-state index contributed by atoms with van der Waals surface area (Å²) in [5.41, 5.74) is 2.47. The zero-order valence-corrected chi connectivity index (χ0v) is 12.0. The van der Waals surface area contributed by atoms with Crippen molar-refractivity contribution in [2.75, 3.05) is 32.7 Å². The molecule has 1 saturated heterocycles. The van der Waals surface area contributed by atoms with E-state index in [0.717, 1.165) is 44.1 Å². The van der Waals surface area contributed by atoms with Crippen LogP contribution in [0.3, 0.4) is 0 Å². The maximum absolute atomic E-state index is 12.5. The van der Waals surface area contributed by atoms with E-state index in [1.54, 1.807) is 0 Å². The number of aromatic nitrogens is 2. The van der Waals surface area contributed by atoms with E-state index in [9.17, 15) is 4.79 Å². The van der Waals surface area contributed by atoms with Gasteiger partial charge in [0.2, 0.25) is 0 Å². The number of amides is 1. The van der Waals surface area contributed by atoms with Crippen LogP contribution >= 0.6 is 0 Å². The van der Waals surface area contributed by atoms with Gasteiger partial charge < -0.3 is 14.2 Å². The van der Waals surface area contributed by atoms with Gasteiger partial charge >= 0.3 is 0 Å². The fraction of sp³-hybridized carbons (Fsp3) is 0.467.